The van der Waals surface area contributed by atoms with Gasteiger partial charge in [-0.15, -0.1) is 0 Å². The maximum Gasteiger partial charge on any atom is 0.254 e. The topological polar surface area (TPSA) is 51.2 Å². The fraction of sp³-hybridized carbons (Fsp3) is 0.286. The second-order valence-electron chi connectivity index (χ2n) is 4.35. The highest BCUT2D eigenvalue weighted by molar-refractivity contribution is 7.03. The van der Waals surface area contributed by atoms with E-state index < -0.39 is 0 Å². The van der Waals surface area contributed by atoms with Crippen LogP contribution in [0.3, 0.4) is 0 Å². The summed E-state index contributed by atoms with van der Waals surface area (Å²) >= 11 is 7.15. The number of amides is 1. The zero-order chi connectivity index (χ0) is 14.5. The van der Waals surface area contributed by atoms with E-state index in [1.807, 2.05) is 19.1 Å². The molecule has 0 saturated heterocycles. The van der Waals surface area contributed by atoms with Crippen LogP contribution in [0.2, 0.25) is 5.02 Å². The Kier molecular flexibility index (Phi) is 5.11. The molecular weight excluding hydrogens is 296 g/mol. The third kappa shape index (κ3) is 3.56. The Labute approximate surface area is 126 Å². The standard InChI is InChI=1S/C14H15ClN2O2S/c1-9-12(8-20-17-9)14(18)16-13(7-19-2)10-3-5-11(15)6-4-10/h3-6,8,13H,7H2,1-2H3,(H,16,18). The van der Waals surface area contributed by atoms with Crippen LogP contribution in [0.25, 0.3) is 0 Å². The summed E-state index contributed by atoms with van der Waals surface area (Å²) in [4.78, 5) is 12.2. The predicted molar refractivity (Wildman–Crippen MR) is 80.4 cm³/mol. The van der Waals surface area contributed by atoms with Gasteiger partial charge in [0.1, 0.15) is 0 Å². The lowest BCUT2D eigenvalue weighted by molar-refractivity contribution is 0.0896. The fourth-order valence-electron chi connectivity index (χ4n) is 1.83. The quantitative estimate of drug-likeness (QED) is 0.922. The van der Waals surface area contributed by atoms with Crippen LogP contribution in [0.5, 0.6) is 0 Å². The minimum Gasteiger partial charge on any atom is -0.382 e. The van der Waals surface area contributed by atoms with Gasteiger partial charge in [-0.05, 0) is 36.2 Å². The second kappa shape index (κ2) is 6.83. The van der Waals surface area contributed by atoms with E-state index >= 15 is 0 Å². The van der Waals surface area contributed by atoms with Gasteiger partial charge in [0.15, 0.2) is 0 Å². The van der Waals surface area contributed by atoms with Crippen LogP contribution in [0.15, 0.2) is 29.6 Å². The van der Waals surface area contributed by atoms with Crippen molar-refractivity contribution in [2.24, 2.45) is 0 Å². The molecular formula is C14H15ClN2O2S. The molecule has 1 amide bonds. The van der Waals surface area contributed by atoms with E-state index in [0.29, 0.717) is 17.2 Å². The summed E-state index contributed by atoms with van der Waals surface area (Å²) in [7, 11) is 1.60. The third-order valence-electron chi connectivity index (χ3n) is 2.91. The molecule has 1 atom stereocenters. The fourth-order valence-corrected chi connectivity index (χ4v) is 2.65. The van der Waals surface area contributed by atoms with Crippen molar-refractivity contribution in [2.45, 2.75) is 13.0 Å². The van der Waals surface area contributed by atoms with Crippen molar-refractivity contribution >= 4 is 29.0 Å². The number of benzene rings is 1. The molecule has 106 valence electrons. The number of rotatable bonds is 5. The molecule has 0 saturated carbocycles. The van der Waals surface area contributed by atoms with Gasteiger partial charge >= 0.3 is 0 Å². The van der Waals surface area contributed by atoms with E-state index in [4.69, 9.17) is 16.3 Å². The number of aryl methyl sites for hydroxylation is 1. The van der Waals surface area contributed by atoms with Crippen LogP contribution < -0.4 is 5.32 Å². The number of hydrogen-bond donors (Lipinski definition) is 1. The lowest BCUT2D eigenvalue weighted by Crippen LogP contribution is -2.31. The molecule has 1 unspecified atom stereocenters. The Morgan fingerprint density at radius 3 is 2.70 bits per heavy atom. The highest BCUT2D eigenvalue weighted by Crippen LogP contribution is 2.18. The van der Waals surface area contributed by atoms with Crippen molar-refractivity contribution in [3.05, 3.63) is 51.5 Å². The molecule has 0 aliphatic rings. The van der Waals surface area contributed by atoms with Crippen molar-refractivity contribution in [1.29, 1.82) is 0 Å². The number of nitrogens with one attached hydrogen (secondary N) is 1. The Morgan fingerprint density at radius 1 is 1.45 bits per heavy atom. The van der Waals surface area contributed by atoms with Crippen LogP contribution in [0.4, 0.5) is 0 Å². The normalized spacial score (nSPS) is 12.2. The summed E-state index contributed by atoms with van der Waals surface area (Å²) in [6.45, 7) is 2.21. The average molecular weight is 311 g/mol. The molecule has 4 nitrogen and oxygen atoms in total. The molecule has 2 aromatic rings. The molecule has 6 heteroatoms. The van der Waals surface area contributed by atoms with E-state index in [1.165, 1.54) is 11.5 Å². The largest absolute Gasteiger partial charge is 0.382 e. The highest BCUT2D eigenvalue weighted by Gasteiger charge is 2.18. The number of ether oxygens (including phenoxy) is 1. The number of halogens is 1. The Bertz CT molecular complexity index is 583. The van der Waals surface area contributed by atoms with Gasteiger partial charge < -0.3 is 10.1 Å². The summed E-state index contributed by atoms with van der Waals surface area (Å²) in [5, 5.41) is 5.36. The van der Waals surface area contributed by atoms with Crippen LogP contribution >= 0.6 is 23.1 Å². The van der Waals surface area contributed by atoms with Crippen LogP contribution in [-0.2, 0) is 4.74 Å². The van der Waals surface area contributed by atoms with Crippen LogP contribution in [0, 0.1) is 6.92 Å². The van der Waals surface area contributed by atoms with E-state index in [-0.39, 0.29) is 11.9 Å². The first kappa shape index (κ1) is 15.0. The number of hydrogen-bond acceptors (Lipinski definition) is 4. The Morgan fingerprint density at radius 2 is 2.15 bits per heavy atom. The minimum absolute atomic E-state index is 0.145. The number of methoxy groups -OCH3 is 1. The van der Waals surface area contributed by atoms with Gasteiger partial charge in [-0.25, -0.2) is 0 Å². The molecule has 1 N–H and O–H groups in total. The van der Waals surface area contributed by atoms with Gasteiger partial charge in [0.25, 0.3) is 5.91 Å². The van der Waals surface area contributed by atoms with Gasteiger partial charge in [0.05, 0.1) is 23.9 Å². The summed E-state index contributed by atoms with van der Waals surface area (Å²) in [5.41, 5.74) is 2.29. The minimum atomic E-state index is -0.218. The lowest BCUT2D eigenvalue weighted by Gasteiger charge is -2.18. The Hall–Kier alpha value is -1.43. The lowest BCUT2D eigenvalue weighted by atomic mass is 10.1. The first-order valence-electron chi connectivity index (χ1n) is 6.08. The molecule has 1 aromatic heterocycles. The highest BCUT2D eigenvalue weighted by atomic mass is 35.5. The monoisotopic (exact) mass is 310 g/mol. The first-order valence-corrected chi connectivity index (χ1v) is 7.29. The Balaban J connectivity index is 2.15. The molecule has 20 heavy (non-hydrogen) atoms. The van der Waals surface area contributed by atoms with E-state index in [1.54, 1.807) is 24.6 Å². The predicted octanol–water partition coefficient (Wildman–Crippen LogP) is 3.22. The maximum atomic E-state index is 12.2. The smallest absolute Gasteiger partial charge is 0.254 e. The third-order valence-corrected chi connectivity index (χ3v) is 3.88. The van der Waals surface area contributed by atoms with Crippen molar-refractivity contribution in [1.82, 2.24) is 9.69 Å². The summed E-state index contributed by atoms with van der Waals surface area (Å²) in [5.74, 6) is -0.145. The van der Waals surface area contributed by atoms with E-state index in [0.717, 1.165) is 11.3 Å². The molecule has 0 spiro atoms. The molecule has 1 aromatic carbocycles. The van der Waals surface area contributed by atoms with Crippen LogP contribution in [-0.4, -0.2) is 24.0 Å². The maximum absolute atomic E-state index is 12.2. The zero-order valence-electron chi connectivity index (χ0n) is 11.2. The van der Waals surface area contributed by atoms with Crippen molar-refractivity contribution < 1.29 is 9.53 Å². The molecule has 0 bridgehead atoms. The number of aromatic nitrogens is 1. The summed E-state index contributed by atoms with van der Waals surface area (Å²) < 4.78 is 9.28. The van der Waals surface area contributed by atoms with Crippen molar-refractivity contribution in [3.8, 4) is 0 Å². The molecule has 1 heterocycles. The van der Waals surface area contributed by atoms with Gasteiger partial charge in [0.2, 0.25) is 0 Å². The van der Waals surface area contributed by atoms with Crippen molar-refractivity contribution in [2.75, 3.05) is 13.7 Å². The SMILES string of the molecule is COCC(NC(=O)c1csnc1C)c1ccc(Cl)cc1. The first-order chi connectivity index (χ1) is 9.61. The molecule has 0 radical (unpaired) electrons. The zero-order valence-corrected chi connectivity index (χ0v) is 12.8. The van der Waals surface area contributed by atoms with Gasteiger partial charge in [-0.1, -0.05) is 23.7 Å². The molecule has 0 aliphatic heterocycles. The summed E-state index contributed by atoms with van der Waals surface area (Å²) in [6, 6.07) is 7.13. The van der Waals surface area contributed by atoms with Gasteiger partial charge in [-0.2, -0.15) is 4.37 Å². The molecule has 0 aliphatic carbocycles. The number of carbonyl (C=O) groups excluding carboxylic acids is 1. The molecule has 0 fully saturated rings. The van der Waals surface area contributed by atoms with Gasteiger partial charge in [-0.3, -0.25) is 4.79 Å². The number of nitrogens with zero attached hydrogens (tertiary/aromatic N) is 1. The van der Waals surface area contributed by atoms with Gasteiger partial charge in [0, 0.05) is 17.5 Å². The average Bonchev–Trinajstić information content (AvgIpc) is 2.85. The van der Waals surface area contributed by atoms with E-state index in [9.17, 15) is 4.79 Å². The summed E-state index contributed by atoms with van der Waals surface area (Å²) in [6.07, 6.45) is 0. The number of carbonyl (C=O) groups is 1. The van der Waals surface area contributed by atoms with E-state index in [2.05, 4.69) is 9.69 Å². The van der Waals surface area contributed by atoms with Crippen LogP contribution in [0.1, 0.15) is 27.7 Å². The van der Waals surface area contributed by atoms with Crippen molar-refractivity contribution in [3.63, 3.8) is 0 Å². The molecule has 2 rings (SSSR count). The second-order valence-corrected chi connectivity index (χ2v) is 5.41.